The topological polar surface area (TPSA) is 72.3 Å². The minimum atomic E-state index is -0.136. The van der Waals surface area contributed by atoms with Crippen molar-refractivity contribution in [2.45, 2.75) is 52.2 Å². The zero-order valence-corrected chi connectivity index (χ0v) is 17.5. The molecule has 152 valence electrons. The molecule has 4 rings (SSSR count). The van der Waals surface area contributed by atoms with Crippen molar-refractivity contribution in [3.05, 3.63) is 33.5 Å². The lowest BCUT2D eigenvalue weighted by molar-refractivity contribution is -0.128. The lowest BCUT2D eigenvalue weighted by atomic mass is 9.99. The highest BCUT2D eigenvalue weighted by molar-refractivity contribution is 7.11. The summed E-state index contributed by atoms with van der Waals surface area (Å²) in [6, 6.07) is 4.28. The van der Waals surface area contributed by atoms with Crippen molar-refractivity contribution in [3.8, 4) is 0 Å². The van der Waals surface area contributed by atoms with E-state index in [9.17, 15) is 4.79 Å². The zero-order valence-electron chi connectivity index (χ0n) is 16.7. The Hall–Kier alpha value is -1.77. The Kier molecular flexibility index (Phi) is 6.08. The monoisotopic (exact) mass is 403 g/mol. The minimum Gasteiger partial charge on any atom is -0.381 e. The number of thiophene rings is 1. The third kappa shape index (κ3) is 4.45. The Morgan fingerprint density at radius 2 is 2.11 bits per heavy atom. The number of carbonyl (C=O) groups is 1. The van der Waals surface area contributed by atoms with Gasteiger partial charge in [0.05, 0.1) is 6.04 Å². The Labute approximate surface area is 170 Å². The standard InChI is InChI=1S/C20H29N5O2S/c1-14-3-4-17(28-14)13-24-8-5-18-22-23-19(25(18)10-9-24)15(2)21-20(26)16-6-11-27-12-7-16/h3-4,15-16H,5-13H2,1-2H3,(H,21,26)/t15-/m0/s1. The largest absolute Gasteiger partial charge is 0.381 e. The number of ether oxygens (including phenoxy) is 1. The molecule has 0 spiro atoms. The fourth-order valence-corrected chi connectivity index (χ4v) is 4.95. The van der Waals surface area contributed by atoms with E-state index in [1.54, 1.807) is 0 Å². The molecule has 2 aromatic rings. The van der Waals surface area contributed by atoms with E-state index in [0.29, 0.717) is 13.2 Å². The average molecular weight is 404 g/mol. The summed E-state index contributed by atoms with van der Waals surface area (Å²) >= 11 is 1.87. The molecular formula is C20H29N5O2S. The molecule has 2 aliphatic rings. The van der Waals surface area contributed by atoms with Gasteiger partial charge in [-0.1, -0.05) is 0 Å². The van der Waals surface area contributed by atoms with Gasteiger partial charge in [0.1, 0.15) is 5.82 Å². The molecule has 0 radical (unpaired) electrons. The number of hydrogen-bond donors (Lipinski definition) is 1. The number of amides is 1. The van der Waals surface area contributed by atoms with Crippen molar-refractivity contribution in [2.24, 2.45) is 5.92 Å². The SMILES string of the molecule is Cc1ccc(CN2CCc3nnc([C@H](C)NC(=O)C4CCOCC4)n3CC2)s1. The number of nitrogens with one attached hydrogen (secondary N) is 1. The first kappa shape index (κ1) is 19.5. The van der Waals surface area contributed by atoms with Gasteiger partial charge in [0.25, 0.3) is 0 Å². The molecule has 0 saturated carbocycles. The molecule has 4 heterocycles. The summed E-state index contributed by atoms with van der Waals surface area (Å²) in [5.41, 5.74) is 0. The maximum Gasteiger partial charge on any atom is 0.223 e. The van der Waals surface area contributed by atoms with Crippen LogP contribution in [0.1, 0.15) is 47.2 Å². The van der Waals surface area contributed by atoms with E-state index < -0.39 is 0 Å². The van der Waals surface area contributed by atoms with Crippen LogP contribution in [-0.2, 0) is 29.0 Å². The van der Waals surface area contributed by atoms with E-state index in [2.05, 4.69) is 44.0 Å². The van der Waals surface area contributed by atoms with Crippen LogP contribution in [0, 0.1) is 12.8 Å². The Morgan fingerprint density at radius 1 is 1.29 bits per heavy atom. The van der Waals surface area contributed by atoms with Crippen LogP contribution in [0.5, 0.6) is 0 Å². The zero-order chi connectivity index (χ0) is 19.5. The van der Waals surface area contributed by atoms with Crippen molar-refractivity contribution >= 4 is 17.2 Å². The molecule has 1 amide bonds. The van der Waals surface area contributed by atoms with E-state index in [0.717, 1.165) is 57.1 Å². The first-order chi connectivity index (χ1) is 13.6. The maximum atomic E-state index is 12.6. The smallest absolute Gasteiger partial charge is 0.223 e. The lowest BCUT2D eigenvalue weighted by Gasteiger charge is -2.23. The van der Waals surface area contributed by atoms with Gasteiger partial charge >= 0.3 is 0 Å². The summed E-state index contributed by atoms with van der Waals surface area (Å²) < 4.78 is 7.56. The van der Waals surface area contributed by atoms with E-state index in [1.807, 2.05) is 18.3 Å². The third-order valence-electron chi connectivity index (χ3n) is 5.66. The second-order valence-electron chi connectivity index (χ2n) is 7.78. The summed E-state index contributed by atoms with van der Waals surface area (Å²) in [6.07, 6.45) is 2.49. The molecule has 0 unspecified atom stereocenters. The highest BCUT2D eigenvalue weighted by Gasteiger charge is 2.26. The van der Waals surface area contributed by atoms with Crippen LogP contribution < -0.4 is 5.32 Å². The summed E-state index contributed by atoms with van der Waals surface area (Å²) in [5, 5.41) is 12.0. The molecule has 28 heavy (non-hydrogen) atoms. The fourth-order valence-electron chi connectivity index (χ4n) is 4.01. The second kappa shape index (κ2) is 8.71. The number of aromatic nitrogens is 3. The summed E-state index contributed by atoms with van der Waals surface area (Å²) in [7, 11) is 0. The molecule has 1 atom stereocenters. The van der Waals surface area contributed by atoms with Gasteiger partial charge in [0.15, 0.2) is 5.82 Å². The number of rotatable bonds is 5. The van der Waals surface area contributed by atoms with Gasteiger partial charge in [-0.3, -0.25) is 9.69 Å². The molecule has 8 heteroatoms. The van der Waals surface area contributed by atoms with Gasteiger partial charge in [-0.15, -0.1) is 21.5 Å². The van der Waals surface area contributed by atoms with E-state index in [1.165, 1.54) is 9.75 Å². The molecule has 0 aliphatic carbocycles. The average Bonchev–Trinajstić information content (AvgIpc) is 3.24. The maximum absolute atomic E-state index is 12.6. The number of nitrogens with zero attached hydrogens (tertiary/aromatic N) is 4. The van der Waals surface area contributed by atoms with Crippen LogP contribution >= 0.6 is 11.3 Å². The first-order valence-electron chi connectivity index (χ1n) is 10.2. The van der Waals surface area contributed by atoms with Crippen molar-refractivity contribution < 1.29 is 9.53 Å². The number of carbonyl (C=O) groups excluding carboxylic acids is 1. The normalized spacial score (nSPS) is 19.8. The molecular weight excluding hydrogens is 374 g/mol. The molecule has 1 saturated heterocycles. The third-order valence-corrected chi connectivity index (χ3v) is 6.65. The van der Waals surface area contributed by atoms with Crippen molar-refractivity contribution in [3.63, 3.8) is 0 Å². The Morgan fingerprint density at radius 3 is 2.86 bits per heavy atom. The van der Waals surface area contributed by atoms with Gasteiger partial charge in [-0.2, -0.15) is 0 Å². The predicted molar refractivity (Wildman–Crippen MR) is 108 cm³/mol. The quantitative estimate of drug-likeness (QED) is 0.829. The van der Waals surface area contributed by atoms with Crippen LogP contribution in [0.3, 0.4) is 0 Å². The molecule has 1 fully saturated rings. The molecule has 2 aromatic heterocycles. The van der Waals surface area contributed by atoms with E-state index >= 15 is 0 Å². The lowest BCUT2D eigenvalue weighted by Crippen LogP contribution is -2.36. The van der Waals surface area contributed by atoms with E-state index in [4.69, 9.17) is 4.74 Å². The molecule has 0 aromatic carbocycles. The van der Waals surface area contributed by atoms with Crippen LogP contribution in [0.15, 0.2) is 12.1 Å². The predicted octanol–water partition coefficient (Wildman–Crippen LogP) is 2.31. The Bertz CT molecular complexity index is 811. The van der Waals surface area contributed by atoms with Gasteiger partial charge in [0.2, 0.25) is 5.91 Å². The molecule has 2 aliphatic heterocycles. The number of hydrogen-bond acceptors (Lipinski definition) is 6. The Balaban J connectivity index is 1.38. The highest BCUT2D eigenvalue weighted by atomic mass is 32.1. The van der Waals surface area contributed by atoms with E-state index in [-0.39, 0.29) is 17.9 Å². The summed E-state index contributed by atoms with van der Waals surface area (Å²) in [6.45, 7) is 9.31. The van der Waals surface area contributed by atoms with Crippen molar-refractivity contribution in [1.82, 2.24) is 25.0 Å². The van der Waals surface area contributed by atoms with Crippen LogP contribution in [0.4, 0.5) is 0 Å². The van der Waals surface area contributed by atoms with Gasteiger partial charge in [-0.05, 0) is 38.8 Å². The number of fused-ring (bicyclic) bond motifs is 1. The van der Waals surface area contributed by atoms with Gasteiger partial charge in [-0.25, -0.2) is 0 Å². The van der Waals surface area contributed by atoms with Gasteiger partial charge in [0, 0.05) is 61.5 Å². The summed E-state index contributed by atoms with van der Waals surface area (Å²) in [5.74, 6) is 2.04. The second-order valence-corrected chi connectivity index (χ2v) is 9.15. The van der Waals surface area contributed by atoms with Crippen LogP contribution in [0.25, 0.3) is 0 Å². The number of aryl methyl sites for hydroxylation is 1. The van der Waals surface area contributed by atoms with Crippen molar-refractivity contribution in [1.29, 1.82) is 0 Å². The first-order valence-corrected chi connectivity index (χ1v) is 11.0. The fraction of sp³-hybridized carbons (Fsp3) is 0.650. The minimum absolute atomic E-state index is 0.0486. The highest BCUT2D eigenvalue weighted by Crippen LogP contribution is 2.21. The molecule has 7 nitrogen and oxygen atoms in total. The van der Waals surface area contributed by atoms with Crippen LogP contribution in [-0.4, -0.2) is 51.9 Å². The molecule has 0 bridgehead atoms. The molecule has 1 N–H and O–H groups in total. The van der Waals surface area contributed by atoms with Crippen LogP contribution in [0.2, 0.25) is 0 Å². The van der Waals surface area contributed by atoms with Crippen molar-refractivity contribution in [2.75, 3.05) is 26.3 Å². The van der Waals surface area contributed by atoms with Gasteiger partial charge < -0.3 is 14.6 Å². The summed E-state index contributed by atoms with van der Waals surface area (Å²) in [4.78, 5) is 17.8.